The van der Waals surface area contributed by atoms with Crippen molar-refractivity contribution in [2.24, 2.45) is 0 Å². The lowest BCUT2D eigenvalue weighted by atomic mass is 9.70. The Morgan fingerprint density at radius 2 is 0.661 bits per heavy atom. The minimum absolute atomic E-state index is 0.335. The van der Waals surface area contributed by atoms with Crippen molar-refractivity contribution in [3.63, 3.8) is 0 Å². The molecule has 0 fully saturated rings. The summed E-state index contributed by atoms with van der Waals surface area (Å²) in [5, 5.41) is 1.49. The molecule has 2 aliphatic carbocycles. The summed E-state index contributed by atoms with van der Waals surface area (Å²) in [6, 6.07) is 70.5. The highest BCUT2D eigenvalue weighted by Gasteiger charge is 2.51. The molecule has 0 atom stereocenters. The van der Waals surface area contributed by atoms with Crippen LogP contribution in [0.4, 0.5) is 0 Å². The van der Waals surface area contributed by atoms with Crippen molar-refractivity contribution in [1.82, 2.24) is 15.0 Å². The molecule has 0 aliphatic heterocycles. The van der Waals surface area contributed by atoms with Crippen LogP contribution in [0.3, 0.4) is 0 Å². The fourth-order valence-corrected chi connectivity index (χ4v) is 10.6. The molecule has 8 aromatic carbocycles. The largest absolute Gasteiger partial charge is 0.208 e. The number of fused-ring (bicyclic) bond motifs is 10. The van der Waals surface area contributed by atoms with Crippen LogP contribution >= 0.6 is 0 Å². The van der Waals surface area contributed by atoms with Crippen LogP contribution in [0.5, 0.6) is 0 Å². The highest BCUT2D eigenvalue weighted by Crippen LogP contribution is 2.62. The lowest BCUT2D eigenvalue weighted by Crippen LogP contribution is -2.37. The standard InChI is InChI=1S/C55H41N3Si/c1-59(2,3)43-31-33-51-47(35-43)46-34-42(30-32-50(46)55(51)48-20-12-10-18-44(48)45-19-11-13-21-49(45)55)38-24-22-36(23-25-38)37-26-28-41(29-27-37)54-57-52(39-14-6-4-7-15-39)56-53(58-54)40-16-8-5-9-17-40/h4-35H,1-3H3. The molecule has 2 aliphatic rings. The summed E-state index contributed by atoms with van der Waals surface area (Å²) in [6.45, 7) is 7.34. The van der Waals surface area contributed by atoms with Crippen LogP contribution in [0.15, 0.2) is 194 Å². The van der Waals surface area contributed by atoms with Crippen LogP contribution in [0.1, 0.15) is 22.3 Å². The van der Waals surface area contributed by atoms with Crippen molar-refractivity contribution < 1.29 is 0 Å². The van der Waals surface area contributed by atoms with Crippen LogP contribution < -0.4 is 5.19 Å². The van der Waals surface area contributed by atoms with Crippen LogP contribution in [-0.2, 0) is 5.41 Å². The molecule has 0 saturated heterocycles. The molecule has 0 radical (unpaired) electrons. The average Bonchev–Trinajstić information content (AvgIpc) is 3.76. The summed E-state index contributed by atoms with van der Waals surface area (Å²) < 4.78 is 0. The summed E-state index contributed by atoms with van der Waals surface area (Å²) in [4.78, 5) is 14.7. The zero-order valence-corrected chi connectivity index (χ0v) is 34.3. The van der Waals surface area contributed by atoms with Gasteiger partial charge in [0, 0.05) is 16.7 Å². The molecule has 9 aromatic rings. The van der Waals surface area contributed by atoms with Gasteiger partial charge < -0.3 is 0 Å². The molecule has 11 rings (SSSR count). The van der Waals surface area contributed by atoms with Gasteiger partial charge in [0.15, 0.2) is 17.5 Å². The Morgan fingerprint density at radius 3 is 1.15 bits per heavy atom. The fourth-order valence-electron chi connectivity index (χ4n) is 9.40. The van der Waals surface area contributed by atoms with Gasteiger partial charge in [0.2, 0.25) is 0 Å². The molecule has 59 heavy (non-hydrogen) atoms. The number of aromatic nitrogens is 3. The third-order valence-corrected chi connectivity index (χ3v) is 14.4. The van der Waals surface area contributed by atoms with Gasteiger partial charge in [0.25, 0.3) is 0 Å². The molecular weight excluding hydrogens is 731 g/mol. The number of hydrogen-bond acceptors (Lipinski definition) is 3. The van der Waals surface area contributed by atoms with Gasteiger partial charge in [-0.2, -0.15) is 0 Å². The monoisotopic (exact) mass is 771 g/mol. The normalized spacial score (nSPS) is 13.1. The van der Waals surface area contributed by atoms with E-state index < -0.39 is 8.07 Å². The van der Waals surface area contributed by atoms with Gasteiger partial charge in [-0.05, 0) is 72.8 Å². The van der Waals surface area contributed by atoms with Crippen LogP contribution in [0.25, 0.3) is 78.7 Å². The molecule has 1 heterocycles. The predicted octanol–water partition coefficient (Wildman–Crippen LogP) is 13.1. The van der Waals surface area contributed by atoms with E-state index in [0.29, 0.717) is 17.5 Å². The van der Waals surface area contributed by atoms with Gasteiger partial charge in [-0.1, -0.05) is 213 Å². The minimum Gasteiger partial charge on any atom is -0.208 e. The van der Waals surface area contributed by atoms with E-state index in [1.807, 2.05) is 60.7 Å². The first kappa shape index (κ1) is 35.2. The second-order valence-corrected chi connectivity index (χ2v) is 21.9. The number of benzene rings is 8. The summed E-state index contributed by atoms with van der Waals surface area (Å²) in [6.07, 6.45) is 0. The smallest absolute Gasteiger partial charge is 0.164 e. The highest BCUT2D eigenvalue weighted by atomic mass is 28.3. The summed E-state index contributed by atoms with van der Waals surface area (Å²) in [5.74, 6) is 1.98. The van der Waals surface area contributed by atoms with E-state index in [2.05, 4.69) is 153 Å². The number of nitrogens with zero attached hydrogens (tertiary/aromatic N) is 3. The first-order valence-corrected chi connectivity index (χ1v) is 23.9. The van der Waals surface area contributed by atoms with Gasteiger partial charge in [0.1, 0.15) is 0 Å². The van der Waals surface area contributed by atoms with E-state index >= 15 is 0 Å². The van der Waals surface area contributed by atoms with Crippen molar-refractivity contribution in [3.05, 3.63) is 216 Å². The van der Waals surface area contributed by atoms with Gasteiger partial charge in [-0.25, -0.2) is 15.0 Å². The maximum atomic E-state index is 4.93. The minimum atomic E-state index is -1.57. The van der Waals surface area contributed by atoms with E-state index in [1.54, 1.807) is 0 Å². The lowest BCUT2D eigenvalue weighted by molar-refractivity contribution is 0.794. The first-order chi connectivity index (χ1) is 28.9. The van der Waals surface area contributed by atoms with E-state index in [4.69, 9.17) is 15.0 Å². The van der Waals surface area contributed by atoms with Crippen LogP contribution in [-0.4, -0.2) is 23.0 Å². The second kappa shape index (κ2) is 13.5. The Hall–Kier alpha value is -7.01. The van der Waals surface area contributed by atoms with Crippen molar-refractivity contribution in [3.8, 4) is 78.7 Å². The lowest BCUT2D eigenvalue weighted by Gasteiger charge is -2.31. The van der Waals surface area contributed by atoms with Gasteiger partial charge in [0.05, 0.1) is 13.5 Å². The molecule has 1 spiro atoms. The third kappa shape index (κ3) is 5.66. The summed E-state index contributed by atoms with van der Waals surface area (Å²) in [7, 11) is -1.57. The van der Waals surface area contributed by atoms with Crippen molar-refractivity contribution in [2.45, 2.75) is 25.1 Å². The fraction of sp³-hybridized carbons (Fsp3) is 0.0727. The van der Waals surface area contributed by atoms with Gasteiger partial charge in [-0.15, -0.1) is 0 Å². The maximum Gasteiger partial charge on any atom is 0.164 e. The quantitative estimate of drug-likeness (QED) is 0.158. The molecule has 0 N–H and O–H groups in total. The molecule has 0 saturated carbocycles. The summed E-state index contributed by atoms with van der Waals surface area (Å²) in [5.41, 5.74) is 18.2. The molecular formula is C55H41N3Si. The van der Waals surface area contributed by atoms with Crippen molar-refractivity contribution in [1.29, 1.82) is 0 Å². The molecule has 1 aromatic heterocycles. The number of rotatable bonds is 6. The summed E-state index contributed by atoms with van der Waals surface area (Å²) >= 11 is 0. The van der Waals surface area contributed by atoms with E-state index in [-0.39, 0.29) is 5.41 Å². The molecule has 4 heteroatoms. The zero-order chi connectivity index (χ0) is 39.7. The molecule has 3 nitrogen and oxygen atoms in total. The maximum absolute atomic E-state index is 4.93. The van der Waals surface area contributed by atoms with E-state index in [9.17, 15) is 0 Å². The molecule has 280 valence electrons. The Balaban J connectivity index is 0.955. The second-order valence-electron chi connectivity index (χ2n) is 16.8. The van der Waals surface area contributed by atoms with Gasteiger partial charge in [-0.3, -0.25) is 0 Å². The Morgan fingerprint density at radius 1 is 0.305 bits per heavy atom. The Labute approximate surface area is 346 Å². The average molecular weight is 772 g/mol. The third-order valence-electron chi connectivity index (χ3n) is 12.3. The first-order valence-electron chi connectivity index (χ1n) is 20.4. The highest BCUT2D eigenvalue weighted by molar-refractivity contribution is 6.88. The van der Waals surface area contributed by atoms with Crippen LogP contribution in [0.2, 0.25) is 19.6 Å². The van der Waals surface area contributed by atoms with E-state index in [1.165, 1.54) is 60.8 Å². The molecule has 0 bridgehead atoms. The predicted molar refractivity (Wildman–Crippen MR) is 246 cm³/mol. The number of hydrogen-bond donors (Lipinski definition) is 0. The van der Waals surface area contributed by atoms with Crippen molar-refractivity contribution in [2.75, 3.05) is 0 Å². The molecule has 0 amide bonds. The Bertz CT molecular complexity index is 2950. The van der Waals surface area contributed by atoms with Crippen LogP contribution in [0, 0.1) is 0 Å². The topological polar surface area (TPSA) is 38.7 Å². The van der Waals surface area contributed by atoms with Crippen molar-refractivity contribution >= 4 is 13.3 Å². The molecule has 0 unspecified atom stereocenters. The van der Waals surface area contributed by atoms with Gasteiger partial charge >= 0.3 is 0 Å². The SMILES string of the molecule is C[Si](C)(C)c1ccc2c(c1)-c1cc(-c3ccc(-c4ccc(-c5nc(-c6ccccc6)nc(-c6ccccc6)n5)cc4)cc3)ccc1C21c2ccccc2-c2ccccc21. The van der Waals surface area contributed by atoms with E-state index in [0.717, 1.165) is 27.8 Å². The zero-order valence-electron chi connectivity index (χ0n) is 33.3. The Kier molecular flexibility index (Phi) is 8.07.